The molecule has 1 aliphatic rings. The van der Waals surface area contributed by atoms with Crippen molar-refractivity contribution in [2.45, 2.75) is 32.2 Å². The highest BCUT2D eigenvalue weighted by molar-refractivity contribution is 5.78. The maximum atomic E-state index is 12.5. The molecule has 1 aliphatic heterocycles. The van der Waals surface area contributed by atoms with Crippen LogP contribution in [0.25, 0.3) is 10.9 Å². The summed E-state index contributed by atoms with van der Waals surface area (Å²) in [5.74, 6) is 1.12. The van der Waals surface area contributed by atoms with Crippen LogP contribution in [0.1, 0.15) is 35.7 Å². The number of aryl methyl sites for hydroxylation is 1. The number of piperidine rings is 1. The van der Waals surface area contributed by atoms with Crippen LogP contribution in [-0.2, 0) is 6.54 Å². The Morgan fingerprint density at radius 3 is 2.88 bits per heavy atom. The number of nitrogens with one attached hydrogen (secondary N) is 1. The third-order valence-electron chi connectivity index (χ3n) is 5.02. The van der Waals surface area contributed by atoms with E-state index < -0.39 is 0 Å². The van der Waals surface area contributed by atoms with Crippen molar-refractivity contribution in [2.75, 3.05) is 13.1 Å². The van der Waals surface area contributed by atoms with Gasteiger partial charge in [0.05, 0.1) is 10.9 Å². The molecule has 0 spiro atoms. The zero-order chi connectivity index (χ0) is 17.2. The van der Waals surface area contributed by atoms with Gasteiger partial charge in [0.25, 0.3) is 5.56 Å². The van der Waals surface area contributed by atoms with Crippen LogP contribution in [0.15, 0.2) is 53.3 Å². The number of hydrogen-bond acceptors (Lipinski definition) is 3. The third kappa shape index (κ3) is 3.49. The molecule has 2 heterocycles. The van der Waals surface area contributed by atoms with Crippen molar-refractivity contribution < 1.29 is 0 Å². The van der Waals surface area contributed by atoms with Gasteiger partial charge in [0.2, 0.25) is 0 Å². The second kappa shape index (κ2) is 6.81. The summed E-state index contributed by atoms with van der Waals surface area (Å²) in [5.41, 5.74) is 3.19. The molecule has 0 saturated carbocycles. The monoisotopic (exact) mass is 333 g/mol. The maximum absolute atomic E-state index is 12.5. The van der Waals surface area contributed by atoms with Crippen molar-refractivity contribution in [3.63, 3.8) is 0 Å². The van der Waals surface area contributed by atoms with Crippen LogP contribution >= 0.6 is 0 Å². The zero-order valence-electron chi connectivity index (χ0n) is 14.5. The fourth-order valence-electron chi connectivity index (χ4n) is 3.73. The number of likely N-dealkylation sites (tertiary alicyclic amines) is 1. The van der Waals surface area contributed by atoms with Gasteiger partial charge in [-0.15, -0.1) is 0 Å². The van der Waals surface area contributed by atoms with Crippen molar-refractivity contribution in [1.82, 2.24) is 14.9 Å². The molecule has 0 bridgehead atoms. The molecule has 0 aliphatic carbocycles. The number of hydrogen-bond donors (Lipinski definition) is 1. The summed E-state index contributed by atoms with van der Waals surface area (Å²) in [5, 5.41) is 0.681. The first kappa shape index (κ1) is 16.0. The smallest absolute Gasteiger partial charge is 0.258 e. The van der Waals surface area contributed by atoms with Gasteiger partial charge in [-0.1, -0.05) is 42.0 Å². The van der Waals surface area contributed by atoms with Crippen molar-refractivity contribution in [1.29, 1.82) is 0 Å². The van der Waals surface area contributed by atoms with E-state index in [9.17, 15) is 4.79 Å². The first-order valence-corrected chi connectivity index (χ1v) is 8.96. The van der Waals surface area contributed by atoms with Gasteiger partial charge in [-0.25, -0.2) is 4.98 Å². The number of nitrogens with zero attached hydrogens (tertiary/aromatic N) is 2. The summed E-state index contributed by atoms with van der Waals surface area (Å²) >= 11 is 0. The maximum Gasteiger partial charge on any atom is 0.258 e. The van der Waals surface area contributed by atoms with Crippen LogP contribution < -0.4 is 5.56 Å². The summed E-state index contributed by atoms with van der Waals surface area (Å²) in [6.45, 7) is 4.99. The van der Waals surface area contributed by atoms with Gasteiger partial charge >= 0.3 is 0 Å². The molecule has 1 atom stereocenters. The molecule has 3 aromatic rings. The molecule has 1 aromatic heterocycles. The van der Waals surface area contributed by atoms with Gasteiger partial charge in [0, 0.05) is 19.0 Å². The summed E-state index contributed by atoms with van der Waals surface area (Å²) in [4.78, 5) is 22.7. The molecule has 1 fully saturated rings. The van der Waals surface area contributed by atoms with Crippen molar-refractivity contribution in [2.24, 2.45) is 0 Å². The second-order valence-electron chi connectivity index (χ2n) is 7.03. The second-order valence-corrected chi connectivity index (χ2v) is 7.03. The number of fused-ring (bicyclic) bond motifs is 1. The van der Waals surface area contributed by atoms with E-state index in [1.807, 2.05) is 31.2 Å². The van der Waals surface area contributed by atoms with Gasteiger partial charge in [0.1, 0.15) is 5.82 Å². The summed E-state index contributed by atoms with van der Waals surface area (Å²) in [6.07, 6.45) is 2.21. The van der Waals surface area contributed by atoms with Crippen LogP contribution in [-0.4, -0.2) is 28.0 Å². The van der Waals surface area contributed by atoms with Gasteiger partial charge in [0.15, 0.2) is 0 Å². The average Bonchev–Trinajstić information content (AvgIpc) is 2.63. The Hall–Kier alpha value is -2.46. The molecule has 4 nitrogen and oxygen atoms in total. The Bertz CT molecular complexity index is 933. The molecule has 1 N–H and O–H groups in total. The van der Waals surface area contributed by atoms with Crippen LogP contribution in [0, 0.1) is 6.92 Å². The molecule has 1 saturated heterocycles. The molecule has 4 rings (SSSR count). The van der Waals surface area contributed by atoms with E-state index in [2.05, 4.69) is 34.1 Å². The molecular weight excluding hydrogens is 310 g/mol. The molecule has 2 aromatic carbocycles. The Balaban J connectivity index is 1.58. The van der Waals surface area contributed by atoms with Gasteiger partial charge in [-0.05, 0) is 44.0 Å². The number of aromatic amines is 1. The predicted octanol–water partition coefficient (Wildman–Crippen LogP) is 3.61. The Labute approximate surface area is 147 Å². The van der Waals surface area contributed by atoms with Crippen molar-refractivity contribution in [3.8, 4) is 0 Å². The summed E-state index contributed by atoms with van der Waals surface area (Å²) in [6, 6.07) is 16.4. The van der Waals surface area contributed by atoms with E-state index in [0.717, 1.165) is 49.4 Å². The minimum absolute atomic E-state index is 0.0242. The molecule has 4 heteroatoms. The first-order valence-electron chi connectivity index (χ1n) is 8.96. The highest BCUT2D eigenvalue weighted by atomic mass is 16.1. The lowest BCUT2D eigenvalue weighted by molar-refractivity contribution is 0.196. The van der Waals surface area contributed by atoms with Crippen LogP contribution in [0.2, 0.25) is 0 Å². The highest BCUT2D eigenvalue weighted by Gasteiger charge is 2.23. The standard InChI is InChI=1S/C21H23N3O/c1-15-9-10-19-18(12-15)21(25)23-20(22-19)17-8-5-11-24(14-17)13-16-6-3-2-4-7-16/h2-4,6-7,9-10,12,17H,5,8,11,13-14H2,1H3,(H,22,23,25). The van der Waals surface area contributed by atoms with Gasteiger partial charge in [-0.2, -0.15) is 0 Å². The van der Waals surface area contributed by atoms with Gasteiger partial charge < -0.3 is 4.98 Å². The molecule has 25 heavy (non-hydrogen) atoms. The first-order chi connectivity index (χ1) is 12.2. The van der Waals surface area contributed by atoms with Crippen LogP contribution in [0.5, 0.6) is 0 Å². The fraction of sp³-hybridized carbons (Fsp3) is 0.333. The highest BCUT2D eigenvalue weighted by Crippen LogP contribution is 2.26. The molecule has 1 unspecified atom stereocenters. The SMILES string of the molecule is Cc1ccc2nc(C3CCCN(Cc4ccccc4)C3)[nH]c(=O)c2c1. The lowest BCUT2D eigenvalue weighted by Gasteiger charge is -2.32. The lowest BCUT2D eigenvalue weighted by Crippen LogP contribution is -2.35. The van der Waals surface area contributed by atoms with Crippen molar-refractivity contribution in [3.05, 3.63) is 75.8 Å². The normalized spacial score (nSPS) is 18.5. The van der Waals surface area contributed by atoms with Crippen LogP contribution in [0.4, 0.5) is 0 Å². The topological polar surface area (TPSA) is 49.0 Å². The molecular formula is C21H23N3O. The Morgan fingerprint density at radius 1 is 1.20 bits per heavy atom. The number of aromatic nitrogens is 2. The zero-order valence-corrected chi connectivity index (χ0v) is 14.5. The van der Waals surface area contributed by atoms with E-state index in [-0.39, 0.29) is 11.5 Å². The summed E-state index contributed by atoms with van der Waals surface area (Å²) in [7, 11) is 0. The quantitative estimate of drug-likeness (QED) is 0.796. The predicted molar refractivity (Wildman–Crippen MR) is 101 cm³/mol. The number of rotatable bonds is 3. The van der Waals surface area contributed by atoms with E-state index in [0.29, 0.717) is 5.39 Å². The average molecular weight is 333 g/mol. The Kier molecular flexibility index (Phi) is 4.36. The van der Waals surface area contributed by atoms with E-state index >= 15 is 0 Å². The minimum Gasteiger partial charge on any atom is -0.310 e. The van der Waals surface area contributed by atoms with E-state index in [1.54, 1.807) is 0 Å². The summed E-state index contributed by atoms with van der Waals surface area (Å²) < 4.78 is 0. The lowest BCUT2D eigenvalue weighted by atomic mass is 9.96. The van der Waals surface area contributed by atoms with Gasteiger partial charge in [-0.3, -0.25) is 9.69 Å². The minimum atomic E-state index is -0.0242. The molecule has 128 valence electrons. The Morgan fingerprint density at radius 2 is 2.04 bits per heavy atom. The molecule has 0 amide bonds. The largest absolute Gasteiger partial charge is 0.310 e. The number of benzene rings is 2. The number of H-pyrrole nitrogens is 1. The van der Waals surface area contributed by atoms with Crippen LogP contribution in [0.3, 0.4) is 0 Å². The van der Waals surface area contributed by atoms with E-state index in [1.165, 1.54) is 5.56 Å². The fourth-order valence-corrected chi connectivity index (χ4v) is 3.73. The van der Waals surface area contributed by atoms with E-state index in [4.69, 9.17) is 4.98 Å². The molecule has 0 radical (unpaired) electrons. The third-order valence-corrected chi connectivity index (χ3v) is 5.02. The van der Waals surface area contributed by atoms with Crippen molar-refractivity contribution >= 4 is 10.9 Å².